The molecule has 32 heavy (non-hydrogen) atoms. The highest BCUT2D eigenvalue weighted by molar-refractivity contribution is 6.07. The molecule has 1 saturated carbocycles. The highest BCUT2D eigenvalue weighted by atomic mass is 16.5. The van der Waals surface area contributed by atoms with Crippen molar-refractivity contribution in [1.82, 2.24) is 10.2 Å². The number of hydrogen-bond donors (Lipinski definition) is 1. The van der Waals surface area contributed by atoms with Crippen molar-refractivity contribution in [3.8, 4) is 5.75 Å². The fraction of sp³-hybridized carbons (Fsp3) is 0.583. The lowest BCUT2D eigenvalue weighted by Crippen LogP contribution is -2.49. The molecule has 1 N–H and O–H groups in total. The average Bonchev–Trinajstić information content (AvgIpc) is 2.81. The first-order chi connectivity index (χ1) is 15.4. The van der Waals surface area contributed by atoms with E-state index in [0.29, 0.717) is 34.8 Å². The quantitative estimate of drug-likeness (QED) is 0.708. The Kier molecular flexibility index (Phi) is 6.48. The molecule has 4 amide bonds. The molecule has 1 spiro atoms. The third-order valence-electron chi connectivity index (χ3n) is 7.48. The zero-order chi connectivity index (χ0) is 22.7. The van der Waals surface area contributed by atoms with Crippen LogP contribution in [0.3, 0.4) is 0 Å². The molecule has 172 valence electrons. The highest BCUT2D eigenvalue weighted by Crippen LogP contribution is 2.47. The van der Waals surface area contributed by atoms with E-state index < -0.39 is 6.03 Å². The number of piperidine rings is 1. The third-order valence-corrected chi connectivity index (χ3v) is 7.48. The molecular formula is C24H31N3O5. The van der Waals surface area contributed by atoms with Crippen molar-refractivity contribution >= 4 is 29.8 Å². The number of carbonyl (C=O) groups is 4. The van der Waals surface area contributed by atoms with Gasteiger partial charge in [-0.1, -0.05) is 0 Å². The van der Waals surface area contributed by atoms with Crippen LogP contribution in [0.2, 0.25) is 0 Å². The van der Waals surface area contributed by atoms with Gasteiger partial charge < -0.3 is 14.4 Å². The number of methoxy groups -OCH3 is 1. The molecule has 1 aromatic rings. The van der Waals surface area contributed by atoms with Crippen molar-refractivity contribution in [2.75, 3.05) is 31.6 Å². The van der Waals surface area contributed by atoms with Gasteiger partial charge in [0, 0.05) is 38.0 Å². The lowest BCUT2D eigenvalue weighted by molar-refractivity contribution is -0.120. The van der Waals surface area contributed by atoms with Gasteiger partial charge >= 0.3 is 6.03 Å². The Bertz CT molecular complexity index is 897. The second-order valence-corrected chi connectivity index (χ2v) is 9.28. The van der Waals surface area contributed by atoms with Crippen LogP contribution in [-0.4, -0.2) is 55.8 Å². The maximum absolute atomic E-state index is 13.2. The van der Waals surface area contributed by atoms with Crippen molar-refractivity contribution in [2.24, 2.45) is 11.3 Å². The van der Waals surface area contributed by atoms with Gasteiger partial charge in [0.2, 0.25) is 5.91 Å². The van der Waals surface area contributed by atoms with E-state index in [1.54, 1.807) is 18.2 Å². The molecule has 2 heterocycles. The SMILES string of the molecule is COc1ccc(C(=O)N2CCC3(CCC(CC=O)CC3)CC2)cc1N1CCC(=O)NC1=O. The van der Waals surface area contributed by atoms with E-state index in [2.05, 4.69) is 5.32 Å². The average molecular weight is 442 g/mol. The van der Waals surface area contributed by atoms with Crippen molar-refractivity contribution < 1.29 is 23.9 Å². The largest absolute Gasteiger partial charge is 0.495 e. The van der Waals surface area contributed by atoms with Crippen LogP contribution < -0.4 is 15.0 Å². The molecule has 3 aliphatic rings. The summed E-state index contributed by atoms with van der Waals surface area (Å²) in [6.45, 7) is 1.69. The van der Waals surface area contributed by atoms with Crippen LogP contribution in [0, 0.1) is 11.3 Å². The number of ether oxygens (including phenoxy) is 1. The van der Waals surface area contributed by atoms with Gasteiger partial charge in [-0.3, -0.25) is 19.8 Å². The first kappa shape index (κ1) is 22.3. The number of benzene rings is 1. The summed E-state index contributed by atoms with van der Waals surface area (Å²) < 4.78 is 5.40. The van der Waals surface area contributed by atoms with Crippen LogP contribution in [0.1, 0.15) is 61.7 Å². The number of urea groups is 1. The van der Waals surface area contributed by atoms with Gasteiger partial charge in [-0.2, -0.15) is 0 Å². The van der Waals surface area contributed by atoms with Gasteiger partial charge in [-0.15, -0.1) is 0 Å². The lowest BCUT2D eigenvalue weighted by Gasteiger charge is -2.46. The summed E-state index contributed by atoms with van der Waals surface area (Å²) in [5.74, 6) is 0.653. The monoisotopic (exact) mass is 441 g/mol. The standard InChI is InChI=1S/C24H31N3O5/c1-32-20-3-2-18(16-19(20)27-12-6-21(29)25-23(27)31)22(30)26-13-10-24(11-14-26)8-4-17(5-9-24)7-15-28/h2-3,15-17H,4-14H2,1H3,(H,25,29,31). The summed E-state index contributed by atoms with van der Waals surface area (Å²) in [7, 11) is 1.52. The molecule has 4 rings (SSSR count). The summed E-state index contributed by atoms with van der Waals surface area (Å²) >= 11 is 0. The first-order valence-electron chi connectivity index (χ1n) is 11.5. The maximum Gasteiger partial charge on any atom is 0.328 e. The van der Waals surface area contributed by atoms with Crippen molar-refractivity contribution in [1.29, 1.82) is 0 Å². The van der Waals surface area contributed by atoms with Crippen molar-refractivity contribution in [3.05, 3.63) is 23.8 Å². The molecule has 8 nitrogen and oxygen atoms in total. The fourth-order valence-corrected chi connectivity index (χ4v) is 5.36. The summed E-state index contributed by atoms with van der Waals surface area (Å²) in [6.07, 6.45) is 8.39. The molecule has 1 aromatic carbocycles. The number of carbonyl (C=O) groups excluding carboxylic acids is 4. The van der Waals surface area contributed by atoms with Crippen molar-refractivity contribution in [2.45, 2.75) is 51.4 Å². The first-order valence-corrected chi connectivity index (χ1v) is 11.5. The van der Waals surface area contributed by atoms with Crippen LogP contribution in [0.4, 0.5) is 10.5 Å². The minimum absolute atomic E-state index is 0.0492. The molecule has 2 saturated heterocycles. The highest BCUT2D eigenvalue weighted by Gasteiger charge is 2.39. The molecule has 0 aromatic heterocycles. The van der Waals surface area contributed by atoms with Gasteiger partial charge in [-0.05, 0) is 68.1 Å². The number of aldehydes is 1. The van der Waals surface area contributed by atoms with Gasteiger partial charge in [0.1, 0.15) is 12.0 Å². The molecular weight excluding hydrogens is 410 g/mol. The molecule has 3 fully saturated rings. The Morgan fingerprint density at radius 2 is 1.88 bits per heavy atom. The predicted molar refractivity (Wildman–Crippen MR) is 119 cm³/mol. The Morgan fingerprint density at radius 1 is 1.16 bits per heavy atom. The molecule has 0 bridgehead atoms. The van der Waals surface area contributed by atoms with E-state index in [4.69, 9.17) is 4.74 Å². The number of likely N-dealkylation sites (tertiary alicyclic amines) is 1. The second kappa shape index (κ2) is 9.30. The topological polar surface area (TPSA) is 96.0 Å². The van der Waals surface area contributed by atoms with E-state index in [0.717, 1.165) is 57.9 Å². The summed E-state index contributed by atoms with van der Waals surface area (Å²) in [5.41, 5.74) is 1.31. The predicted octanol–water partition coefficient (Wildman–Crippen LogP) is 3.14. The van der Waals surface area contributed by atoms with Crippen LogP contribution in [0.25, 0.3) is 0 Å². The van der Waals surface area contributed by atoms with Crippen LogP contribution in [0.15, 0.2) is 18.2 Å². The zero-order valence-electron chi connectivity index (χ0n) is 18.6. The van der Waals surface area contributed by atoms with Crippen LogP contribution >= 0.6 is 0 Å². The van der Waals surface area contributed by atoms with Gasteiger partial charge in [0.15, 0.2) is 0 Å². The number of imide groups is 1. The van der Waals surface area contributed by atoms with E-state index >= 15 is 0 Å². The van der Waals surface area contributed by atoms with Crippen molar-refractivity contribution in [3.63, 3.8) is 0 Å². The summed E-state index contributed by atoms with van der Waals surface area (Å²) in [4.78, 5) is 51.2. The number of rotatable bonds is 5. The van der Waals surface area contributed by atoms with E-state index in [9.17, 15) is 19.2 Å². The lowest BCUT2D eigenvalue weighted by atomic mass is 9.65. The molecule has 0 radical (unpaired) electrons. The summed E-state index contributed by atoms with van der Waals surface area (Å²) in [6, 6.07) is 4.61. The number of nitrogens with one attached hydrogen (secondary N) is 1. The van der Waals surface area contributed by atoms with Gasteiger partial charge in [-0.25, -0.2) is 4.79 Å². The van der Waals surface area contributed by atoms with Gasteiger partial charge in [0.25, 0.3) is 5.91 Å². The third kappa shape index (κ3) is 4.49. The molecule has 8 heteroatoms. The smallest absolute Gasteiger partial charge is 0.328 e. The normalized spacial score (nSPS) is 21.4. The van der Waals surface area contributed by atoms with Gasteiger partial charge in [0.05, 0.1) is 12.8 Å². The fourth-order valence-electron chi connectivity index (χ4n) is 5.36. The number of anilines is 1. The zero-order valence-corrected chi connectivity index (χ0v) is 18.6. The van der Waals surface area contributed by atoms with E-state index in [-0.39, 0.29) is 24.8 Å². The maximum atomic E-state index is 13.2. The molecule has 1 aliphatic carbocycles. The number of nitrogens with zero attached hydrogens (tertiary/aromatic N) is 2. The molecule has 2 aliphatic heterocycles. The Balaban J connectivity index is 1.43. The number of amides is 4. The Morgan fingerprint density at radius 3 is 2.50 bits per heavy atom. The van der Waals surface area contributed by atoms with E-state index in [1.165, 1.54) is 12.0 Å². The molecule has 0 unspecified atom stereocenters. The second-order valence-electron chi connectivity index (χ2n) is 9.28. The number of hydrogen-bond acceptors (Lipinski definition) is 5. The van der Waals surface area contributed by atoms with E-state index in [1.807, 2.05) is 4.90 Å². The van der Waals surface area contributed by atoms with Crippen LogP contribution in [0.5, 0.6) is 5.75 Å². The minimum atomic E-state index is -0.505. The Hall–Kier alpha value is -2.90. The minimum Gasteiger partial charge on any atom is -0.495 e. The Labute approximate surface area is 188 Å². The van der Waals surface area contributed by atoms with Crippen LogP contribution in [-0.2, 0) is 9.59 Å². The summed E-state index contributed by atoms with van der Waals surface area (Å²) in [5, 5.41) is 2.31. The molecule has 0 atom stereocenters.